The molecule has 0 aromatic heterocycles. The van der Waals surface area contributed by atoms with E-state index >= 15 is 0 Å². The highest BCUT2D eigenvalue weighted by Gasteiger charge is 2.42. The van der Waals surface area contributed by atoms with Crippen LogP contribution in [0.4, 0.5) is 13.2 Å². The molecule has 4 nitrogen and oxygen atoms in total. The standard InChI is InChI=1S/C13H13F3O4/c1-2-18-12-10(17)7-11(12)19-8-3-5-9(6-4-8)20-13(14,15)16/h3-6,11-12H,2,7H2,1H3. The largest absolute Gasteiger partial charge is 0.573 e. The van der Waals surface area contributed by atoms with Crippen LogP contribution in [0.2, 0.25) is 0 Å². The lowest BCUT2D eigenvalue weighted by molar-refractivity contribution is -0.274. The van der Waals surface area contributed by atoms with Crippen molar-refractivity contribution in [3.63, 3.8) is 0 Å². The van der Waals surface area contributed by atoms with Crippen molar-refractivity contribution in [2.45, 2.75) is 31.9 Å². The zero-order valence-corrected chi connectivity index (χ0v) is 10.6. The molecule has 1 aromatic rings. The summed E-state index contributed by atoms with van der Waals surface area (Å²) in [5.41, 5.74) is 0. The maximum Gasteiger partial charge on any atom is 0.573 e. The Balaban J connectivity index is 1.93. The van der Waals surface area contributed by atoms with E-state index in [9.17, 15) is 18.0 Å². The lowest BCUT2D eigenvalue weighted by Crippen LogP contribution is -2.52. The molecule has 7 heteroatoms. The number of ether oxygens (including phenoxy) is 3. The molecular weight excluding hydrogens is 277 g/mol. The number of hydrogen-bond acceptors (Lipinski definition) is 4. The average Bonchev–Trinajstić information content (AvgIpc) is 2.36. The molecule has 20 heavy (non-hydrogen) atoms. The third-order valence-corrected chi connectivity index (χ3v) is 2.75. The average molecular weight is 290 g/mol. The Hall–Kier alpha value is -1.76. The van der Waals surface area contributed by atoms with Gasteiger partial charge >= 0.3 is 6.36 Å². The SMILES string of the molecule is CCOC1C(=O)CC1Oc1ccc(OC(F)(F)F)cc1. The fraction of sp³-hybridized carbons (Fsp3) is 0.462. The molecule has 0 amide bonds. The van der Waals surface area contributed by atoms with E-state index in [1.165, 1.54) is 12.1 Å². The van der Waals surface area contributed by atoms with Crippen molar-refractivity contribution in [2.24, 2.45) is 0 Å². The van der Waals surface area contributed by atoms with Gasteiger partial charge in [0.2, 0.25) is 0 Å². The molecule has 0 radical (unpaired) electrons. The molecule has 2 rings (SSSR count). The van der Waals surface area contributed by atoms with E-state index in [4.69, 9.17) is 9.47 Å². The lowest BCUT2D eigenvalue weighted by Gasteiger charge is -2.34. The minimum Gasteiger partial charge on any atom is -0.487 e. The van der Waals surface area contributed by atoms with E-state index in [1.807, 2.05) is 0 Å². The minimum absolute atomic E-state index is 0.0334. The quantitative estimate of drug-likeness (QED) is 0.836. The van der Waals surface area contributed by atoms with Crippen LogP contribution in [-0.4, -0.2) is 31.0 Å². The van der Waals surface area contributed by atoms with Crippen LogP contribution in [0.3, 0.4) is 0 Å². The molecule has 2 atom stereocenters. The molecule has 2 unspecified atom stereocenters. The summed E-state index contributed by atoms with van der Waals surface area (Å²) in [6.07, 6.45) is -5.46. The van der Waals surface area contributed by atoms with Crippen LogP contribution in [0.5, 0.6) is 11.5 Å². The monoisotopic (exact) mass is 290 g/mol. The van der Waals surface area contributed by atoms with Gasteiger partial charge in [-0.3, -0.25) is 4.79 Å². The fourth-order valence-corrected chi connectivity index (χ4v) is 1.85. The van der Waals surface area contributed by atoms with Crippen molar-refractivity contribution in [1.82, 2.24) is 0 Å². The number of carbonyl (C=O) groups excluding carboxylic acids is 1. The Kier molecular flexibility index (Phi) is 4.17. The zero-order valence-electron chi connectivity index (χ0n) is 10.6. The summed E-state index contributed by atoms with van der Waals surface area (Å²) in [7, 11) is 0. The van der Waals surface area contributed by atoms with Crippen molar-refractivity contribution in [3.8, 4) is 11.5 Å². The molecule has 0 N–H and O–H groups in total. The number of benzene rings is 1. The van der Waals surface area contributed by atoms with Gasteiger partial charge in [0.15, 0.2) is 11.9 Å². The minimum atomic E-state index is -4.72. The number of Topliss-reactive ketones (excluding diaryl/α,β-unsaturated/α-hetero) is 1. The molecule has 1 aliphatic rings. The highest BCUT2D eigenvalue weighted by atomic mass is 19.4. The first kappa shape index (κ1) is 14.6. The number of rotatable bonds is 5. The van der Waals surface area contributed by atoms with Crippen LogP contribution in [0.15, 0.2) is 24.3 Å². The van der Waals surface area contributed by atoms with Crippen molar-refractivity contribution in [2.75, 3.05) is 6.61 Å². The summed E-state index contributed by atoms with van der Waals surface area (Å²) >= 11 is 0. The molecule has 1 aromatic carbocycles. The molecule has 0 saturated heterocycles. The van der Waals surface area contributed by atoms with Crippen LogP contribution in [-0.2, 0) is 9.53 Å². The number of ketones is 1. The Labute approximate surface area is 113 Å². The topological polar surface area (TPSA) is 44.8 Å². The Bertz CT molecular complexity index is 469. The van der Waals surface area contributed by atoms with Gasteiger partial charge in [0, 0.05) is 13.0 Å². The second kappa shape index (κ2) is 5.70. The van der Waals surface area contributed by atoms with E-state index in [0.717, 1.165) is 12.1 Å². The molecule has 0 bridgehead atoms. The van der Waals surface area contributed by atoms with Crippen molar-refractivity contribution in [1.29, 1.82) is 0 Å². The van der Waals surface area contributed by atoms with Gasteiger partial charge in [-0.25, -0.2) is 0 Å². The second-order valence-corrected chi connectivity index (χ2v) is 4.22. The van der Waals surface area contributed by atoms with E-state index in [-0.39, 0.29) is 18.0 Å². The number of hydrogen-bond donors (Lipinski definition) is 0. The third kappa shape index (κ3) is 3.63. The molecule has 110 valence electrons. The lowest BCUT2D eigenvalue weighted by atomic mass is 9.90. The van der Waals surface area contributed by atoms with Gasteiger partial charge in [0.1, 0.15) is 17.6 Å². The summed E-state index contributed by atoms with van der Waals surface area (Å²) in [6.45, 7) is 2.17. The third-order valence-electron chi connectivity index (χ3n) is 2.75. The molecule has 0 spiro atoms. The second-order valence-electron chi connectivity index (χ2n) is 4.22. The molecular formula is C13H13F3O4. The van der Waals surface area contributed by atoms with Crippen LogP contribution in [0.25, 0.3) is 0 Å². The predicted molar refractivity (Wildman–Crippen MR) is 62.6 cm³/mol. The van der Waals surface area contributed by atoms with Gasteiger partial charge < -0.3 is 14.2 Å². The number of alkyl halides is 3. The number of carbonyl (C=O) groups is 1. The first-order chi connectivity index (χ1) is 9.39. The summed E-state index contributed by atoms with van der Waals surface area (Å²) < 4.78 is 50.4. The van der Waals surface area contributed by atoms with Crippen molar-refractivity contribution >= 4 is 5.78 Å². The van der Waals surface area contributed by atoms with Crippen LogP contribution >= 0.6 is 0 Å². The van der Waals surface area contributed by atoms with Gasteiger partial charge in [-0.1, -0.05) is 0 Å². The fourth-order valence-electron chi connectivity index (χ4n) is 1.85. The highest BCUT2D eigenvalue weighted by molar-refractivity contribution is 5.90. The van der Waals surface area contributed by atoms with Gasteiger partial charge in [0.25, 0.3) is 0 Å². The van der Waals surface area contributed by atoms with Crippen molar-refractivity contribution < 1.29 is 32.2 Å². The van der Waals surface area contributed by atoms with Gasteiger partial charge in [-0.15, -0.1) is 13.2 Å². The van der Waals surface area contributed by atoms with Crippen LogP contribution < -0.4 is 9.47 Å². The molecule has 0 heterocycles. The maximum atomic E-state index is 12.0. The Morgan fingerprint density at radius 1 is 1.20 bits per heavy atom. The molecule has 1 saturated carbocycles. The van der Waals surface area contributed by atoms with Crippen LogP contribution in [0, 0.1) is 0 Å². The Morgan fingerprint density at radius 3 is 2.30 bits per heavy atom. The number of halogens is 3. The Morgan fingerprint density at radius 2 is 1.80 bits per heavy atom. The first-order valence-electron chi connectivity index (χ1n) is 6.06. The summed E-state index contributed by atoms with van der Waals surface area (Å²) in [5, 5.41) is 0. The van der Waals surface area contributed by atoms with E-state index in [2.05, 4.69) is 4.74 Å². The van der Waals surface area contributed by atoms with E-state index < -0.39 is 18.6 Å². The highest BCUT2D eigenvalue weighted by Crippen LogP contribution is 2.28. The molecule has 1 aliphatic carbocycles. The normalized spacial score (nSPS) is 22.3. The maximum absolute atomic E-state index is 12.0. The van der Waals surface area contributed by atoms with Crippen molar-refractivity contribution in [3.05, 3.63) is 24.3 Å². The smallest absolute Gasteiger partial charge is 0.487 e. The summed E-state index contributed by atoms with van der Waals surface area (Å²) in [5.74, 6) is 0.00602. The summed E-state index contributed by atoms with van der Waals surface area (Å²) in [4.78, 5) is 11.3. The van der Waals surface area contributed by atoms with Gasteiger partial charge in [-0.05, 0) is 31.2 Å². The van der Waals surface area contributed by atoms with Gasteiger partial charge in [-0.2, -0.15) is 0 Å². The molecule has 1 fully saturated rings. The predicted octanol–water partition coefficient (Wildman–Crippen LogP) is 2.71. The molecule has 0 aliphatic heterocycles. The van der Waals surface area contributed by atoms with E-state index in [1.54, 1.807) is 6.92 Å². The van der Waals surface area contributed by atoms with Gasteiger partial charge in [0.05, 0.1) is 0 Å². The summed E-state index contributed by atoms with van der Waals surface area (Å²) in [6, 6.07) is 5.01. The first-order valence-corrected chi connectivity index (χ1v) is 6.06. The zero-order chi connectivity index (χ0) is 14.8. The van der Waals surface area contributed by atoms with E-state index in [0.29, 0.717) is 12.4 Å². The van der Waals surface area contributed by atoms with Crippen LogP contribution in [0.1, 0.15) is 13.3 Å².